The molecule has 1 aliphatic carbocycles. The van der Waals surface area contributed by atoms with Crippen LogP contribution in [0.2, 0.25) is 0 Å². The number of hydrogen-bond donors (Lipinski definition) is 2. The summed E-state index contributed by atoms with van der Waals surface area (Å²) in [6.45, 7) is 1.56. The number of carbonyl (C=O) groups excluding carboxylic acids is 1. The molecule has 0 aliphatic heterocycles. The second-order valence-corrected chi connectivity index (χ2v) is 4.06. The SMILES string of the molecule is CNCCC(=O)NCCC1=CCCCC1. The van der Waals surface area contributed by atoms with Crippen molar-refractivity contribution in [3.8, 4) is 0 Å². The lowest BCUT2D eigenvalue weighted by Gasteiger charge is -2.12. The second-order valence-electron chi connectivity index (χ2n) is 4.06. The number of nitrogens with one attached hydrogen (secondary N) is 2. The van der Waals surface area contributed by atoms with E-state index in [0.29, 0.717) is 6.42 Å². The molecule has 0 aromatic heterocycles. The lowest BCUT2D eigenvalue weighted by molar-refractivity contribution is -0.120. The summed E-state index contributed by atoms with van der Waals surface area (Å²) in [7, 11) is 1.86. The van der Waals surface area contributed by atoms with Crippen molar-refractivity contribution in [3.05, 3.63) is 11.6 Å². The molecule has 1 amide bonds. The van der Waals surface area contributed by atoms with E-state index in [2.05, 4.69) is 16.7 Å². The van der Waals surface area contributed by atoms with Crippen LogP contribution in [-0.4, -0.2) is 26.0 Å². The molecule has 0 unspecified atom stereocenters. The van der Waals surface area contributed by atoms with Gasteiger partial charge in [0, 0.05) is 19.5 Å². The summed E-state index contributed by atoms with van der Waals surface area (Å²) in [6.07, 6.45) is 9.05. The van der Waals surface area contributed by atoms with E-state index in [4.69, 9.17) is 0 Å². The lowest BCUT2D eigenvalue weighted by atomic mass is 9.97. The van der Waals surface area contributed by atoms with Gasteiger partial charge in [-0.3, -0.25) is 4.79 Å². The molecule has 0 saturated carbocycles. The Labute approximate surface area is 92.3 Å². The van der Waals surface area contributed by atoms with Crippen molar-refractivity contribution < 1.29 is 4.79 Å². The Morgan fingerprint density at radius 3 is 2.93 bits per heavy atom. The van der Waals surface area contributed by atoms with Crippen molar-refractivity contribution in [2.24, 2.45) is 0 Å². The highest BCUT2D eigenvalue weighted by Crippen LogP contribution is 2.19. The Morgan fingerprint density at radius 1 is 1.40 bits per heavy atom. The van der Waals surface area contributed by atoms with Gasteiger partial charge < -0.3 is 10.6 Å². The van der Waals surface area contributed by atoms with Gasteiger partial charge in [0.1, 0.15) is 0 Å². The normalized spacial score (nSPS) is 15.9. The van der Waals surface area contributed by atoms with Crippen molar-refractivity contribution in [3.63, 3.8) is 0 Å². The molecule has 1 rings (SSSR count). The van der Waals surface area contributed by atoms with Crippen LogP contribution in [0.1, 0.15) is 38.5 Å². The Balaban J connectivity index is 2.04. The van der Waals surface area contributed by atoms with Crippen molar-refractivity contribution in [2.75, 3.05) is 20.1 Å². The molecule has 0 spiro atoms. The van der Waals surface area contributed by atoms with E-state index in [1.807, 2.05) is 7.05 Å². The maximum atomic E-state index is 11.3. The third-order valence-corrected chi connectivity index (χ3v) is 2.76. The predicted molar refractivity (Wildman–Crippen MR) is 62.7 cm³/mol. The number of allylic oxidation sites excluding steroid dienone is 1. The van der Waals surface area contributed by atoms with E-state index >= 15 is 0 Å². The van der Waals surface area contributed by atoms with Gasteiger partial charge >= 0.3 is 0 Å². The lowest BCUT2D eigenvalue weighted by Crippen LogP contribution is -2.27. The predicted octanol–water partition coefficient (Wildman–Crippen LogP) is 1.60. The minimum Gasteiger partial charge on any atom is -0.356 e. The molecular formula is C12H22N2O. The maximum Gasteiger partial charge on any atom is 0.221 e. The number of rotatable bonds is 6. The van der Waals surface area contributed by atoms with Crippen molar-refractivity contribution in [2.45, 2.75) is 38.5 Å². The maximum absolute atomic E-state index is 11.3. The first-order valence-electron chi connectivity index (χ1n) is 5.92. The standard InChI is InChI=1S/C12H22N2O/c1-13-9-8-12(15)14-10-7-11-5-3-2-4-6-11/h5,13H,2-4,6-10H2,1H3,(H,14,15). The first-order valence-corrected chi connectivity index (χ1v) is 5.92. The molecule has 0 aromatic carbocycles. The summed E-state index contributed by atoms with van der Waals surface area (Å²) in [6, 6.07) is 0. The fraction of sp³-hybridized carbons (Fsp3) is 0.750. The molecule has 0 fully saturated rings. The van der Waals surface area contributed by atoms with Gasteiger partial charge in [0.05, 0.1) is 0 Å². The zero-order valence-electron chi connectivity index (χ0n) is 9.64. The molecule has 0 heterocycles. The number of carbonyl (C=O) groups is 1. The van der Waals surface area contributed by atoms with Crippen LogP contribution in [0.15, 0.2) is 11.6 Å². The highest BCUT2D eigenvalue weighted by Gasteiger charge is 2.04. The first kappa shape index (κ1) is 12.2. The van der Waals surface area contributed by atoms with Crippen LogP contribution in [0.25, 0.3) is 0 Å². The van der Waals surface area contributed by atoms with Gasteiger partial charge in [-0.15, -0.1) is 0 Å². The van der Waals surface area contributed by atoms with E-state index in [1.165, 1.54) is 31.3 Å². The molecule has 3 heteroatoms. The van der Waals surface area contributed by atoms with Gasteiger partial charge in [-0.05, 0) is 39.2 Å². The molecule has 0 saturated heterocycles. The Hall–Kier alpha value is -0.830. The van der Waals surface area contributed by atoms with E-state index in [-0.39, 0.29) is 5.91 Å². The topological polar surface area (TPSA) is 41.1 Å². The van der Waals surface area contributed by atoms with Gasteiger partial charge in [0.15, 0.2) is 0 Å². The highest BCUT2D eigenvalue weighted by molar-refractivity contribution is 5.76. The average molecular weight is 210 g/mol. The average Bonchev–Trinajstić information content (AvgIpc) is 2.28. The minimum atomic E-state index is 0.153. The van der Waals surface area contributed by atoms with Crippen molar-refractivity contribution in [1.29, 1.82) is 0 Å². The molecule has 0 radical (unpaired) electrons. The highest BCUT2D eigenvalue weighted by atomic mass is 16.1. The minimum absolute atomic E-state index is 0.153. The van der Waals surface area contributed by atoms with Gasteiger partial charge in [-0.2, -0.15) is 0 Å². The van der Waals surface area contributed by atoms with Gasteiger partial charge in [-0.1, -0.05) is 11.6 Å². The Morgan fingerprint density at radius 2 is 2.27 bits per heavy atom. The first-order chi connectivity index (χ1) is 7.33. The smallest absolute Gasteiger partial charge is 0.221 e. The molecule has 0 aromatic rings. The quantitative estimate of drug-likeness (QED) is 0.654. The van der Waals surface area contributed by atoms with Crippen LogP contribution < -0.4 is 10.6 Å². The summed E-state index contributed by atoms with van der Waals surface area (Å²) in [5, 5.41) is 5.91. The fourth-order valence-electron chi connectivity index (χ4n) is 1.82. The molecule has 1 aliphatic rings. The van der Waals surface area contributed by atoms with Crippen LogP contribution in [0, 0.1) is 0 Å². The van der Waals surface area contributed by atoms with Crippen molar-refractivity contribution in [1.82, 2.24) is 10.6 Å². The molecule has 86 valence electrons. The number of amides is 1. The third-order valence-electron chi connectivity index (χ3n) is 2.76. The summed E-state index contributed by atoms with van der Waals surface area (Å²) < 4.78 is 0. The summed E-state index contributed by atoms with van der Waals surface area (Å²) in [4.78, 5) is 11.3. The van der Waals surface area contributed by atoms with Crippen LogP contribution in [0.3, 0.4) is 0 Å². The summed E-state index contributed by atoms with van der Waals surface area (Å²) in [5.41, 5.74) is 1.52. The van der Waals surface area contributed by atoms with E-state index in [1.54, 1.807) is 0 Å². The zero-order chi connectivity index (χ0) is 10.9. The second kappa shape index (κ2) is 7.46. The van der Waals surface area contributed by atoms with E-state index in [9.17, 15) is 4.79 Å². The third kappa shape index (κ3) is 5.57. The van der Waals surface area contributed by atoms with E-state index < -0.39 is 0 Å². The molecule has 0 bridgehead atoms. The van der Waals surface area contributed by atoms with Crippen LogP contribution in [-0.2, 0) is 4.79 Å². The number of hydrogen-bond acceptors (Lipinski definition) is 2. The molecule has 2 N–H and O–H groups in total. The Bertz CT molecular complexity index is 224. The van der Waals surface area contributed by atoms with Gasteiger partial charge in [0.25, 0.3) is 0 Å². The Kier molecular flexibility index (Phi) is 6.09. The van der Waals surface area contributed by atoms with Crippen LogP contribution >= 0.6 is 0 Å². The van der Waals surface area contributed by atoms with Crippen molar-refractivity contribution >= 4 is 5.91 Å². The molecule has 3 nitrogen and oxygen atoms in total. The molecule has 0 atom stereocenters. The van der Waals surface area contributed by atoms with Gasteiger partial charge in [0.2, 0.25) is 5.91 Å². The van der Waals surface area contributed by atoms with Gasteiger partial charge in [-0.25, -0.2) is 0 Å². The van der Waals surface area contributed by atoms with E-state index in [0.717, 1.165) is 19.5 Å². The summed E-state index contributed by atoms with van der Waals surface area (Å²) >= 11 is 0. The zero-order valence-corrected chi connectivity index (χ0v) is 9.64. The monoisotopic (exact) mass is 210 g/mol. The fourth-order valence-corrected chi connectivity index (χ4v) is 1.82. The van der Waals surface area contributed by atoms with Crippen LogP contribution in [0.4, 0.5) is 0 Å². The molecular weight excluding hydrogens is 188 g/mol. The summed E-state index contributed by atoms with van der Waals surface area (Å²) in [5.74, 6) is 0.153. The molecule has 15 heavy (non-hydrogen) atoms. The van der Waals surface area contributed by atoms with Crippen LogP contribution in [0.5, 0.6) is 0 Å². The largest absolute Gasteiger partial charge is 0.356 e.